The van der Waals surface area contributed by atoms with Gasteiger partial charge in [0, 0.05) is 55.6 Å². The summed E-state index contributed by atoms with van der Waals surface area (Å²) in [7, 11) is 2.15. The van der Waals surface area contributed by atoms with Crippen LogP contribution in [0.3, 0.4) is 0 Å². The van der Waals surface area contributed by atoms with Crippen LogP contribution < -0.4 is 10.6 Å². The molecule has 2 aliphatic rings. The molecule has 3 rings (SSSR count). The summed E-state index contributed by atoms with van der Waals surface area (Å²) in [5.41, 5.74) is 1.73. The molecule has 8 heteroatoms. The molecule has 0 aromatic carbocycles. The van der Waals surface area contributed by atoms with Gasteiger partial charge in [-0.2, -0.15) is 4.99 Å². The molecule has 8 nitrogen and oxygen atoms in total. The summed E-state index contributed by atoms with van der Waals surface area (Å²) in [6.45, 7) is 12.3. The third-order valence-electron chi connectivity index (χ3n) is 6.19. The van der Waals surface area contributed by atoms with E-state index in [9.17, 15) is 4.79 Å². The number of hydrogen-bond donors (Lipinski definition) is 2. The second-order valence-corrected chi connectivity index (χ2v) is 8.95. The quantitative estimate of drug-likeness (QED) is 0.659. The molecule has 1 fully saturated rings. The van der Waals surface area contributed by atoms with Gasteiger partial charge in [0.1, 0.15) is 5.84 Å². The summed E-state index contributed by atoms with van der Waals surface area (Å²) in [6.07, 6.45) is 7.65. The van der Waals surface area contributed by atoms with Crippen molar-refractivity contribution in [1.29, 1.82) is 0 Å². The van der Waals surface area contributed by atoms with Crippen LogP contribution in [0.25, 0.3) is 0 Å². The van der Waals surface area contributed by atoms with Crippen molar-refractivity contribution >= 4 is 23.5 Å². The van der Waals surface area contributed by atoms with E-state index in [4.69, 9.17) is 9.98 Å². The number of carbonyl (C=O) groups is 1. The number of carbonyl (C=O) groups excluding carboxylic acids is 1. The highest BCUT2D eigenvalue weighted by Gasteiger charge is 2.24. The number of aromatic nitrogens is 1. The molecule has 2 aliphatic heterocycles. The predicted molar refractivity (Wildman–Crippen MR) is 135 cm³/mol. The largest absolute Gasteiger partial charge is 0.350 e. The summed E-state index contributed by atoms with van der Waals surface area (Å²) in [5, 5.41) is 6.60. The minimum Gasteiger partial charge on any atom is -0.350 e. The molecule has 1 aromatic rings. The van der Waals surface area contributed by atoms with Crippen molar-refractivity contribution < 1.29 is 4.79 Å². The highest BCUT2D eigenvalue weighted by molar-refractivity contribution is 6.01. The van der Waals surface area contributed by atoms with Crippen LogP contribution in [-0.4, -0.2) is 71.8 Å². The molecule has 0 spiro atoms. The fourth-order valence-electron chi connectivity index (χ4n) is 4.06. The lowest BCUT2D eigenvalue weighted by Crippen LogP contribution is -2.51. The summed E-state index contributed by atoms with van der Waals surface area (Å²) >= 11 is 0. The van der Waals surface area contributed by atoms with Gasteiger partial charge in [-0.1, -0.05) is 33.3 Å². The summed E-state index contributed by atoms with van der Waals surface area (Å²) in [6, 6.07) is 3.62. The Morgan fingerprint density at radius 1 is 1.27 bits per heavy atom. The van der Waals surface area contributed by atoms with Gasteiger partial charge in [-0.15, -0.1) is 0 Å². The van der Waals surface area contributed by atoms with Gasteiger partial charge in [-0.05, 0) is 45.4 Å². The van der Waals surface area contributed by atoms with Crippen molar-refractivity contribution in [3.63, 3.8) is 0 Å². The number of nitrogens with one attached hydrogen (secondary N) is 2. The van der Waals surface area contributed by atoms with Crippen LogP contribution in [0.5, 0.6) is 0 Å². The smallest absolute Gasteiger partial charge is 0.251 e. The van der Waals surface area contributed by atoms with E-state index >= 15 is 0 Å². The van der Waals surface area contributed by atoms with Gasteiger partial charge < -0.3 is 20.4 Å². The monoisotopic (exact) mass is 453 g/mol. The van der Waals surface area contributed by atoms with Crippen LogP contribution in [0.15, 0.2) is 40.1 Å². The van der Waals surface area contributed by atoms with Crippen LogP contribution in [0.4, 0.5) is 5.82 Å². The topological polar surface area (TPSA) is 85.2 Å². The second kappa shape index (κ2) is 11.9. The normalized spacial score (nSPS) is 21.7. The maximum absolute atomic E-state index is 12.7. The predicted octanol–water partition coefficient (Wildman–Crippen LogP) is 3.56. The third-order valence-corrected chi connectivity index (χ3v) is 6.19. The molecular formula is C25H39N7O. The van der Waals surface area contributed by atoms with Crippen LogP contribution >= 0.6 is 0 Å². The van der Waals surface area contributed by atoms with E-state index in [0.29, 0.717) is 11.4 Å². The number of rotatable bonds is 7. The average molecular weight is 454 g/mol. The molecule has 3 heterocycles. The zero-order chi connectivity index (χ0) is 23.8. The van der Waals surface area contributed by atoms with Crippen molar-refractivity contribution in [2.45, 2.75) is 59.4 Å². The first-order valence-electron chi connectivity index (χ1n) is 12.3. The van der Waals surface area contributed by atoms with Crippen molar-refractivity contribution in [3.05, 3.63) is 35.7 Å². The number of amidine groups is 1. The first-order chi connectivity index (χ1) is 15.9. The van der Waals surface area contributed by atoms with Gasteiger partial charge in [0.15, 0.2) is 5.82 Å². The lowest BCUT2D eigenvalue weighted by molar-refractivity contribution is 0.0938. The molecule has 2 unspecified atom stereocenters. The molecule has 0 saturated carbocycles. The van der Waals surface area contributed by atoms with Crippen LogP contribution in [0.2, 0.25) is 0 Å². The Kier molecular flexibility index (Phi) is 9.00. The number of hydrogen-bond acceptors (Lipinski definition) is 6. The number of guanidine groups is 1. The number of piperazine rings is 1. The zero-order valence-electron chi connectivity index (χ0n) is 20.8. The Bertz CT molecular complexity index is 900. The molecule has 2 N–H and O–H groups in total. The van der Waals surface area contributed by atoms with Crippen molar-refractivity contribution in [3.8, 4) is 0 Å². The number of nitrogens with zero attached hydrogens (tertiary/aromatic N) is 5. The Morgan fingerprint density at radius 2 is 2.03 bits per heavy atom. The molecule has 0 radical (unpaired) electrons. The number of pyridine rings is 1. The van der Waals surface area contributed by atoms with Gasteiger partial charge in [0.2, 0.25) is 5.96 Å². The maximum Gasteiger partial charge on any atom is 0.251 e. The number of aliphatic imine (C=N–C) groups is 2. The molecule has 1 aromatic heterocycles. The summed E-state index contributed by atoms with van der Waals surface area (Å²) in [4.78, 5) is 31.5. The molecule has 33 heavy (non-hydrogen) atoms. The lowest BCUT2D eigenvalue weighted by Gasteiger charge is -2.34. The fourth-order valence-corrected chi connectivity index (χ4v) is 4.06. The van der Waals surface area contributed by atoms with Crippen molar-refractivity contribution in [1.82, 2.24) is 25.4 Å². The summed E-state index contributed by atoms with van der Waals surface area (Å²) < 4.78 is 0. The highest BCUT2D eigenvalue weighted by Crippen LogP contribution is 2.21. The summed E-state index contributed by atoms with van der Waals surface area (Å²) in [5.74, 6) is 2.08. The molecule has 0 bridgehead atoms. The molecule has 1 amide bonds. The number of likely N-dealkylation sites (N-methyl/N-ethyl adjacent to an activating group) is 1. The maximum atomic E-state index is 12.7. The van der Waals surface area contributed by atoms with E-state index in [2.05, 4.69) is 59.3 Å². The molecule has 0 aliphatic carbocycles. The molecule has 2 atom stereocenters. The first-order valence-corrected chi connectivity index (χ1v) is 12.3. The number of allylic oxidation sites excluding steroid dienone is 1. The second-order valence-electron chi connectivity index (χ2n) is 8.95. The minimum atomic E-state index is -0.0934. The van der Waals surface area contributed by atoms with E-state index in [-0.39, 0.29) is 17.9 Å². The van der Waals surface area contributed by atoms with Crippen molar-refractivity contribution in [2.75, 3.05) is 33.2 Å². The van der Waals surface area contributed by atoms with Gasteiger partial charge in [0.25, 0.3) is 5.91 Å². The first kappa shape index (κ1) is 24.9. The van der Waals surface area contributed by atoms with Gasteiger partial charge in [-0.3, -0.25) is 4.79 Å². The van der Waals surface area contributed by atoms with Crippen LogP contribution in [0, 0.1) is 5.92 Å². The van der Waals surface area contributed by atoms with E-state index in [1.165, 1.54) is 0 Å². The average Bonchev–Trinajstić information content (AvgIpc) is 2.99. The van der Waals surface area contributed by atoms with Gasteiger partial charge >= 0.3 is 0 Å². The Balaban J connectivity index is 1.90. The van der Waals surface area contributed by atoms with E-state index < -0.39 is 0 Å². The molecular weight excluding hydrogens is 414 g/mol. The van der Waals surface area contributed by atoms with Gasteiger partial charge in [0.05, 0.1) is 0 Å². The SMILES string of the molecule is CCCC(C)NC(=O)c1ccnc(N=C2N=C(N3CCN(C)CC3)NC(CC)=CC2CC)c1. The van der Waals surface area contributed by atoms with E-state index in [0.717, 1.165) is 69.4 Å². The third kappa shape index (κ3) is 6.87. The molecule has 1 saturated heterocycles. The van der Waals surface area contributed by atoms with E-state index in [1.807, 2.05) is 6.92 Å². The van der Waals surface area contributed by atoms with Crippen molar-refractivity contribution in [2.24, 2.45) is 15.9 Å². The van der Waals surface area contributed by atoms with Crippen LogP contribution in [0.1, 0.15) is 63.7 Å². The fraction of sp³-hybridized carbons (Fsp3) is 0.600. The lowest BCUT2D eigenvalue weighted by atomic mass is 10.0. The zero-order valence-corrected chi connectivity index (χ0v) is 20.8. The Morgan fingerprint density at radius 3 is 2.70 bits per heavy atom. The van der Waals surface area contributed by atoms with Gasteiger partial charge in [-0.25, -0.2) is 9.98 Å². The Labute approximate surface area is 198 Å². The Hall–Kier alpha value is -2.74. The highest BCUT2D eigenvalue weighted by atomic mass is 16.1. The van der Waals surface area contributed by atoms with E-state index in [1.54, 1.807) is 18.3 Å². The minimum absolute atomic E-state index is 0.0845. The molecule has 180 valence electrons. The van der Waals surface area contributed by atoms with Crippen LogP contribution in [-0.2, 0) is 0 Å². The standard InChI is InChI=1S/C25H39N7O/c1-6-9-18(4)27-24(33)20-10-11-26-22(17-20)29-23-19(7-2)16-21(8-3)28-25(30-23)32-14-12-31(5)13-15-32/h10-11,16-19H,6-9,12-15H2,1-5H3,(H,27,33)(H,26,28,29,30). The number of amides is 1.